The Labute approximate surface area is 166 Å². The molecule has 0 bridgehead atoms. The van der Waals surface area contributed by atoms with E-state index in [9.17, 15) is 9.59 Å². The fourth-order valence-corrected chi connectivity index (χ4v) is 4.47. The van der Waals surface area contributed by atoms with Crippen molar-refractivity contribution in [2.75, 3.05) is 10.2 Å². The number of aromatic nitrogens is 1. The van der Waals surface area contributed by atoms with Crippen LogP contribution in [0, 0.1) is 5.41 Å². The van der Waals surface area contributed by atoms with Crippen molar-refractivity contribution < 1.29 is 9.59 Å². The number of fused-ring (bicyclic) bond motifs is 1. The van der Waals surface area contributed by atoms with Crippen molar-refractivity contribution in [2.45, 2.75) is 46.1 Å². The van der Waals surface area contributed by atoms with Crippen LogP contribution in [0.15, 0.2) is 53.9 Å². The molecule has 0 saturated carbocycles. The number of carbonyl (C=O) groups excluding carboxylic acids is 2. The normalized spacial score (nSPS) is 20.9. The number of benzene rings is 1. The van der Waals surface area contributed by atoms with Crippen LogP contribution in [0.4, 0.5) is 11.4 Å². The monoisotopic (exact) mass is 377 g/mol. The molecule has 0 unspecified atom stereocenters. The predicted molar refractivity (Wildman–Crippen MR) is 111 cm³/mol. The first-order chi connectivity index (χ1) is 13.3. The number of hydrogen-bond donors (Lipinski definition) is 1. The number of carbonyl (C=O) groups is 2. The molecule has 2 aromatic rings. The SMILES string of the molecule is CCC(=O)N1c2ccccc2NC2=C(C(=O)CC(C)(C)C2)[C@@H]1c1cccn1C. The minimum atomic E-state index is -0.429. The average molecular weight is 377 g/mol. The lowest BCUT2D eigenvalue weighted by Gasteiger charge is -2.37. The zero-order chi connectivity index (χ0) is 20.1. The van der Waals surface area contributed by atoms with Gasteiger partial charge in [0.2, 0.25) is 5.91 Å². The fraction of sp³-hybridized carbons (Fsp3) is 0.391. The van der Waals surface area contributed by atoms with Crippen LogP contribution in [0.3, 0.4) is 0 Å². The molecule has 0 spiro atoms. The van der Waals surface area contributed by atoms with Crippen LogP contribution in [-0.2, 0) is 16.6 Å². The molecule has 1 aromatic carbocycles. The van der Waals surface area contributed by atoms with Gasteiger partial charge < -0.3 is 9.88 Å². The van der Waals surface area contributed by atoms with Crippen LogP contribution < -0.4 is 10.2 Å². The van der Waals surface area contributed by atoms with E-state index in [4.69, 9.17) is 0 Å². The lowest BCUT2D eigenvalue weighted by Crippen LogP contribution is -2.40. The lowest BCUT2D eigenvalue weighted by molar-refractivity contribution is -0.119. The van der Waals surface area contributed by atoms with Crippen molar-refractivity contribution in [1.82, 2.24) is 4.57 Å². The van der Waals surface area contributed by atoms with E-state index >= 15 is 0 Å². The van der Waals surface area contributed by atoms with Gasteiger partial charge in [0.15, 0.2) is 5.78 Å². The minimum absolute atomic E-state index is 0.00633. The Balaban J connectivity index is 2.02. The van der Waals surface area contributed by atoms with E-state index in [2.05, 4.69) is 19.2 Å². The summed E-state index contributed by atoms with van der Waals surface area (Å²) < 4.78 is 2.01. The second kappa shape index (κ2) is 6.66. The van der Waals surface area contributed by atoms with Crippen molar-refractivity contribution in [2.24, 2.45) is 12.5 Å². The molecule has 1 amide bonds. The number of rotatable bonds is 2. The smallest absolute Gasteiger partial charge is 0.227 e. The molecule has 4 rings (SSSR count). The van der Waals surface area contributed by atoms with E-state index in [1.54, 1.807) is 0 Å². The van der Waals surface area contributed by atoms with Gasteiger partial charge in [0.1, 0.15) is 6.04 Å². The van der Waals surface area contributed by atoms with E-state index in [-0.39, 0.29) is 17.1 Å². The maximum absolute atomic E-state index is 13.4. The van der Waals surface area contributed by atoms with Gasteiger partial charge in [0, 0.05) is 43.1 Å². The highest BCUT2D eigenvalue weighted by atomic mass is 16.2. The number of allylic oxidation sites excluding steroid dienone is 1. The molecule has 0 saturated heterocycles. The maximum Gasteiger partial charge on any atom is 0.227 e. The summed E-state index contributed by atoms with van der Waals surface area (Å²) in [7, 11) is 1.96. The summed E-state index contributed by atoms with van der Waals surface area (Å²) in [5.41, 5.74) is 4.19. The topological polar surface area (TPSA) is 54.3 Å². The molecular formula is C23H27N3O2. The number of nitrogens with one attached hydrogen (secondary N) is 1. The Hall–Kier alpha value is -2.82. The number of ketones is 1. The molecule has 2 aliphatic rings. The van der Waals surface area contributed by atoms with Gasteiger partial charge in [0.25, 0.3) is 0 Å². The zero-order valence-electron chi connectivity index (χ0n) is 17.0. The Morgan fingerprint density at radius 2 is 1.93 bits per heavy atom. The first-order valence-electron chi connectivity index (χ1n) is 9.88. The highest BCUT2D eigenvalue weighted by Gasteiger charge is 2.43. The molecule has 1 aliphatic heterocycles. The van der Waals surface area contributed by atoms with Crippen molar-refractivity contribution in [1.29, 1.82) is 0 Å². The van der Waals surface area contributed by atoms with E-state index in [0.717, 1.165) is 34.8 Å². The van der Waals surface area contributed by atoms with E-state index in [1.807, 2.05) is 66.0 Å². The van der Waals surface area contributed by atoms with Gasteiger partial charge in [-0.1, -0.05) is 32.9 Å². The third-order valence-corrected chi connectivity index (χ3v) is 5.74. The summed E-state index contributed by atoms with van der Waals surface area (Å²) >= 11 is 0. The Kier molecular flexibility index (Phi) is 4.41. The van der Waals surface area contributed by atoms with Gasteiger partial charge in [-0.3, -0.25) is 14.5 Å². The summed E-state index contributed by atoms with van der Waals surface area (Å²) in [4.78, 5) is 28.4. The molecular weight excluding hydrogens is 350 g/mol. The largest absolute Gasteiger partial charge is 0.357 e. The molecule has 28 heavy (non-hydrogen) atoms. The fourth-order valence-electron chi connectivity index (χ4n) is 4.47. The van der Waals surface area contributed by atoms with Gasteiger partial charge in [-0.15, -0.1) is 0 Å². The van der Waals surface area contributed by atoms with Gasteiger partial charge in [0.05, 0.1) is 11.4 Å². The molecule has 1 N–H and O–H groups in total. The summed E-state index contributed by atoms with van der Waals surface area (Å²) in [6, 6.07) is 11.4. The van der Waals surface area contributed by atoms with Crippen LogP contribution in [0.2, 0.25) is 0 Å². The molecule has 5 nitrogen and oxygen atoms in total. The van der Waals surface area contributed by atoms with Crippen LogP contribution in [0.1, 0.15) is 51.8 Å². The lowest BCUT2D eigenvalue weighted by atomic mass is 9.73. The summed E-state index contributed by atoms with van der Waals surface area (Å²) in [6.45, 7) is 6.12. The van der Waals surface area contributed by atoms with Crippen molar-refractivity contribution >= 4 is 23.1 Å². The van der Waals surface area contributed by atoms with E-state index in [1.165, 1.54) is 0 Å². The highest BCUT2D eigenvalue weighted by molar-refractivity contribution is 6.06. The van der Waals surface area contributed by atoms with Crippen molar-refractivity contribution in [3.8, 4) is 0 Å². The number of hydrogen-bond acceptors (Lipinski definition) is 3. The van der Waals surface area contributed by atoms with Gasteiger partial charge in [-0.25, -0.2) is 0 Å². The van der Waals surface area contributed by atoms with Gasteiger partial charge in [-0.05, 0) is 36.1 Å². The molecule has 2 heterocycles. The third-order valence-electron chi connectivity index (χ3n) is 5.74. The van der Waals surface area contributed by atoms with Crippen molar-refractivity contribution in [3.63, 3.8) is 0 Å². The van der Waals surface area contributed by atoms with E-state index < -0.39 is 6.04 Å². The highest BCUT2D eigenvalue weighted by Crippen LogP contribution is 2.48. The quantitative estimate of drug-likeness (QED) is 0.834. The number of para-hydroxylation sites is 2. The molecule has 1 aromatic heterocycles. The Morgan fingerprint density at radius 1 is 1.18 bits per heavy atom. The van der Waals surface area contributed by atoms with Gasteiger partial charge in [-0.2, -0.15) is 0 Å². The van der Waals surface area contributed by atoms with Crippen LogP contribution in [0.25, 0.3) is 0 Å². The Morgan fingerprint density at radius 3 is 2.61 bits per heavy atom. The van der Waals surface area contributed by atoms with Crippen LogP contribution in [0.5, 0.6) is 0 Å². The third kappa shape index (κ3) is 2.95. The number of Topliss-reactive ketones (excluding diaryl/α,β-unsaturated/α-hetero) is 1. The minimum Gasteiger partial charge on any atom is -0.357 e. The molecule has 1 aliphatic carbocycles. The van der Waals surface area contributed by atoms with Crippen LogP contribution in [-0.4, -0.2) is 16.3 Å². The number of anilines is 2. The Bertz CT molecular complexity index is 983. The molecule has 5 heteroatoms. The standard InChI is InChI=1S/C23H27N3O2/c1-5-20(28)26-17-10-7-6-9-15(17)24-16-13-23(2,3)14-19(27)21(16)22(26)18-11-8-12-25(18)4/h6-12,22,24H,5,13-14H2,1-4H3/t22-/m0/s1. The first-order valence-corrected chi connectivity index (χ1v) is 9.88. The average Bonchev–Trinajstić information content (AvgIpc) is 2.99. The summed E-state index contributed by atoms with van der Waals surface area (Å²) in [5, 5.41) is 3.52. The van der Waals surface area contributed by atoms with E-state index in [0.29, 0.717) is 12.8 Å². The van der Waals surface area contributed by atoms with Crippen molar-refractivity contribution in [3.05, 3.63) is 59.6 Å². The zero-order valence-corrected chi connectivity index (χ0v) is 17.0. The second-order valence-corrected chi connectivity index (χ2v) is 8.54. The summed E-state index contributed by atoms with van der Waals surface area (Å²) in [6.07, 6.45) is 3.60. The summed E-state index contributed by atoms with van der Waals surface area (Å²) in [5.74, 6) is 0.124. The van der Waals surface area contributed by atoms with Crippen LogP contribution >= 0.6 is 0 Å². The molecule has 146 valence electrons. The van der Waals surface area contributed by atoms with Gasteiger partial charge >= 0.3 is 0 Å². The molecule has 0 radical (unpaired) electrons. The predicted octanol–water partition coefficient (Wildman–Crippen LogP) is 4.58. The first kappa shape index (κ1) is 18.5. The number of nitrogens with zero attached hydrogens (tertiary/aromatic N) is 2. The molecule has 0 fully saturated rings. The second-order valence-electron chi connectivity index (χ2n) is 8.54. The molecule has 1 atom stereocenters. The maximum atomic E-state index is 13.4. The number of amides is 1. The number of aryl methyl sites for hydroxylation is 1.